The highest BCUT2D eigenvalue weighted by Gasteiger charge is 2.24. The van der Waals surface area contributed by atoms with Gasteiger partial charge < -0.3 is 10.2 Å². The highest BCUT2D eigenvalue weighted by atomic mass is 32.2. The minimum atomic E-state index is 0.377. The average Bonchev–Trinajstić information content (AvgIpc) is 2.38. The molecule has 0 saturated carbocycles. The molecule has 2 rings (SSSR count). The summed E-state index contributed by atoms with van der Waals surface area (Å²) in [4.78, 5) is 7.20. The molecule has 1 N–H and O–H groups in total. The van der Waals surface area contributed by atoms with E-state index >= 15 is 0 Å². The Kier molecular flexibility index (Phi) is 4.96. The Bertz CT molecular complexity index is 293. The van der Waals surface area contributed by atoms with Gasteiger partial charge in [-0.25, -0.2) is 0 Å². The molecule has 0 aliphatic carbocycles. The Labute approximate surface area is 116 Å². The Balaban J connectivity index is 1.68. The predicted octanol–water partition coefficient (Wildman–Crippen LogP) is 2.44. The maximum Gasteiger partial charge on any atom is 0.156 e. The molecule has 4 heteroatoms. The molecule has 0 amide bonds. The molecule has 104 valence electrons. The normalized spacial score (nSPS) is 25.8. The number of thioether (sulfide) groups is 1. The molecular weight excluding hydrogens is 242 g/mol. The topological polar surface area (TPSA) is 27.6 Å². The fourth-order valence-electron chi connectivity index (χ4n) is 2.49. The van der Waals surface area contributed by atoms with Crippen molar-refractivity contribution in [2.75, 3.05) is 38.5 Å². The van der Waals surface area contributed by atoms with Gasteiger partial charge >= 0.3 is 0 Å². The van der Waals surface area contributed by atoms with Crippen LogP contribution < -0.4 is 5.32 Å². The van der Waals surface area contributed by atoms with Crippen LogP contribution in [0.4, 0.5) is 0 Å². The standard InChI is InChI=1S/C14H27N3S/c1-4-17-7-5-12(6-8-17)9-15-13-16-10-14(2,3)11-18-13/h12H,4-11H2,1-3H3,(H,15,16). The Hall–Kier alpha value is -0.220. The highest BCUT2D eigenvalue weighted by molar-refractivity contribution is 8.13. The van der Waals surface area contributed by atoms with Gasteiger partial charge in [-0.05, 0) is 43.8 Å². The molecule has 2 heterocycles. The van der Waals surface area contributed by atoms with Gasteiger partial charge in [0.05, 0.1) is 0 Å². The van der Waals surface area contributed by atoms with Crippen molar-refractivity contribution in [2.24, 2.45) is 16.3 Å². The van der Waals surface area contributed by atoms with Crippen molar-refractivity contribution in [3.8, 4) is 0 Å². The molecule has 0 bridgehead atoms. The SMILES string of the molecule is CCN1CCC(CNC2=NCC(C)(C)CS2)CC1. The maximum absolute atomic E-state index is 4.66. The first kappa shape index (κ1) is 14.2. The Morgan fingerprint density at radius 1 is 1.39 bits per heavy atom. The van der Waals surface area contributed by atoms with Crippen LogP contribution in [0.5, 0.6) is 0 Å². The molecule has 1 fully saturated rings. The summed E-state index contributed by atoms with van der Waals surface area (Å²) in [5.41, 5.74) is 0.377. The van der Waals surface area contributed by atoms with E-state index in [1.54, 1.807) is 0 Å². The number of nitrogens with zero attached hydrogens (tertiary/aromatic N) is 2. The van der Waals surface area contributed by atoms with Crippen LogP contribution in [0.1, 0.15) is 33.6 Å². The number of rotatable bonds is 3. The number of hydrogen-bond acceptors (Lipinski definition) is 4. The molecule has 3 nitrogen and oxygen atoms in total. The summed E-state index contributed by atoms with van der Waals surface area (Å²) in [6.45, 7) is 12.7. The molecule has 0 spiro atoms. The monoisotopic (exact) mass is 269 g/mol. The maximum atomic E-state index is 4.66. The van der Waals surface area contributed by atoms with Crippen LogP contribution in [0.2, 0.25) is 0 Å². The fraction of sp³-hybridized carbons (Fsp3) is 0.929. The molecule has 18 heavy (non-hydrogen) atoms. The zero-order valence-corrected chi connectivity index (χ0v) is 12.9. The third-order valence-corrected chi connectivity index (χ3v) is 5.42. The average molecular weight is 269 g/mol. The van der Waals surface area contributed by atoms with Gasteiger partial charge in [0, 0.05) is 18.8 Å². The first-order valence-electron chi connectivity index (χ1n) is 7.22. The number of nitrogens with one attached hydrogen (secondary N) is 1. The lowest BCUT2D eigenvalue weighted by Gasteiger charge is -2.32. The van der Waals surface area contributed by atoms with E-state index in [1.165, 1.54) is 43.4 Å². The summed E-state index contributed by atoms with van der Waals surface area (Å²) in [5, 5.41) is 4.73. The molecule has 2 aliphatic rings. The molecule has 0 aromatic heterocycles. The van der Waals surface area contributed by atoms with E-state index in [4.69, 9.17) is 0 Å². The van der Waals surface area contributed by atoms with E-state index in [0.717, 1.165) is 19.0 Å². The summed E-state index contributed by atoms with van der Waals surface area (Å²) in [5.74, 6) is 2.03. The summed E-state index contributed by atoms with van der Waals surface area (Å²) in [6.07, 6.45) is 2.68. The van der Waals surface area contributed by atoms with Crippen LogP contribution in [0.15, 0.2) is 4.99 Å². The number of hydrogen-bond donors (Lipinski definition) is 1. The van der Waals surface area contributed by atoms with Gasteiger partial charge in [-0.15, -0.1) is 0 Å². The Morgan fingerprint density at radius 3 is 2.67 bits per heavy atom. The van der Waals surface area contributed by atoms with Gasteiger partial charge in [0.25, 0.3) is 0 Å². The second-order valence-corrected chi connectivity index (χ2v) is 7.30. The first-order chi connectivity index (χ1) is 8.59. The molecule has 1 saturated heterocycles. The predicted molar refractivity (Wildman–Crippen MR) is 81.4 cm³/mol. The second-order valence-electron chi connectivity index (χ2n) is 6.33. The number of likely N-dealkylation sites (tertiary alicyclic amines) is 1. The largest absolute Gasteiger partial charge is 0.365 e. The summed E-state index contributed by atoms with van der Waals surface area (Å²) >= 11 is 1.89. The van der Waals surface area contributed by atoms with Crippen molar-refractivity contribution in [3.05, 3.63) is 0 Å². The molecule has 2 aliphatic heterocycles. The molecule has 0 radical (unpaired) electrons. The van der Waals surface area contributed by atoms with Crippen LogP contribution in [0.25, 0.3) is 0 Å². The molecule has 0 atom stereocenters. The van der Waals surface area contributed by atoms with Crippen molar-refractivity contribution in [1.82, 2.24) is 10.2 Å². The lowest BCUT2D eigenvalue weighted by molar-refractivity contribution is 0.193. The summed E-state index contributed by atoms with van der Waals surface area (Å²) < 4.78 is 0. The fourth-order valence-corrected chi connectivity index (χ4v) is 3.45. The van der Waals surface area contributed by atoms with Crippen molar-refractivity contribution < 1.29 is 0 Å². The summed E-state index contributed by atoms with van der Waals surface area (Å²) in [6, 6.07) is 0. The van der Waals surface area contributed by atoms with Crippen molar-refractivity contribution in [3.63, 3.8) is 0 Å². The van der Waals surface area contributed by atoms with Crippen LogP contribution >= 0.6 is 11.8 Å². The van der Waals surface area contributed by atoms with E-state index in [9.17, 15) is 0 Å². The zero-order valence-electron chi connectivity index (χ0n) is 12.0. The minimum absolute atomic E-state index is 0.377. The van der Waals surface area contributed by atoms with E-state index in [-0.39, 0.29) is 0 Å². The number of piperidine rings is 1. The molecular formula is C14H27N3S. The quantitative estimate of drug-likeness (QED) is 0.853. The van der Waals surface area contributed by atoms with Gasteiger partial charge in [-0.1, -0.05) is 32.5 Å². The van der Waals surface area contributed by atoms with Crippen molar-refractivity contribution in [1.29, 1.82) is 0 Å². The number of aliphatic imine (C=N–C) groups is 1. The molecule has 0 aromatic rings. The highest BCUT2D eigenvalue weighted by Crippen LogP contribution is 2.27. The van der Waals surface area contributed by atoms with Crippen LogP contribution in [-0.4, -0.2) is 48.5 Å². The third-order valence-electron chi connectivity index (χ3n) is 3.95. The summed E-state index contributed by atoms with van der Waals surface area (Å²) in [7, 11) is 0. The second kappa shape index (κ2) is 6.29. The molecule has 0 aromatic carbocycles. The lowest BCUT2D eigenvalue weighted by atomic mass is 9.96. The number of amidine groups is 1. The Morgan fingerprint density at radius 2 is 2.11 bits per heavy atom. The van der Waals surface area contributed by atoms with Crippen molar-refractivity contribution in [2.45, 2.75) is 33.6 Å². The van der Waals surface area contributed by atoms with Gasteiger partial charge in [-0.2, -0.15) is 0 Å². The third kappa shape index (κ3) is 4.16. The van der Waals surface area contributed by atoms with E-state index in [0.29, 0.717) is 5.41 Å². The minimum Gasteiger partial charge on any atom is -0.365 e. The first-order valence-corrected chi connectivity index (χ1v) is 8.21. The van der Waals surface area contributed by atoms with E-state index < -0.39 is 0 Å². The van der Waals surface area contributed by atoms with Gasteiger partial charge in [-0.3, -0.25) is 4.99 Å². The van der Waals surface area contributed by atoms with E-state index in [2.05, 4.69) is 36.0 Å². The van der Waals surface area contributed by atoms with Gasteiger partial charge in [0.15, 0.2) is 5.17 Å². The zero-order chi connectivity index (χ0) is 13.0. The van der Waals surface area contributed by atoms with Gasteiger partial charge in [0.2, 0.25) is 0 Å². The van der Waals surface area contributed by atoms with Crippen LogP contribution in [0.3, 0.4) is 0 Å². The molecule has 0 unspecified atom stereocenters. The smallest absolute Gasteiger partial charge is 0.156 e. The van der Waals surface area contributed by atoms with E-state index in [1.807, 2.05) is 11.8 Å². The lowest BCUT2D eigenvalue weighted by Crippen LogP contribution is -2.39. The van der Waals surface area contributed by atoms with Crippen molar-refractivity contribution >= 4 is 16.9 Å². The van der Waals surface area contributed by atoms with Gasteiger partial charge in [0.1, 0.15) is 0 Å². The van der Waals surface area contributed by atoms with Crippen LogP contribution in [-0.2, 0) is 0 Å². The van der Waals surface area contributed by atoms with Crippen LogP contribution in [0, 0.1) is 11.3 Å².